The summed E-state index contributed by atoms with van der Waals surface area (Å²) >= 11 is 0. The number of ketones is 1. The van der Waals surface area contributed by atoms with Crippen LogP contribution in [0.1, 0.15) is 90.5 Å². The predicted octanol–water partition coefficient (Wildman–Crippen LogP) is 7.60. The Bertz CT molecular complexity index is 1260. The first-order valence-electron chi connectivity index (χ1n) is 14.9. The highest BCUT2D eigenvalue weighted by Gasteiger charge is 2.65. The summed E-state index contributed by atoms with van der Waals surface area (Å²) in [6.07, 6.45) is 10.5. The molecule has 6 rings (SSSR count). The van der Waals surface area contributed by atoms with Gasteiger partial charge in [-0.05, 0) is 117 Å². The van der Waals surface area contributed by atoms with Gasteiger partial charge < -0.3 is 4.90 Å². The number of hydrogen-bond donors (Lipinski definition) is 0. The first-order valence-corrected chi connectivity index (χ1v) is 14.9. The number of fused-ring (bicyclic) bond motifs is 4. The molecule has 0 bridgehead atoms. The molecule has 5 aliphatic rings. The lowest BCUT2D eigenvalue weighted by Gasteiger charge is -2.55. The fraction of sp³-hybridized carbons (Fsp3) is 0.618. The van der Waals surface area contributed by atoms with E-state index in [9.17, 15) is 9.70 Å². The Kier molecular flexibility index (Phi) is 6.41. The summed E-state index contributed by atoms with van der Waals surface area (Å²) in [4.78, 5) is 27.4. The van der Waals surface area contributed by atoms with Gasteiger partial charge in [-0.15, -0.1) is 5.92 Å². The Morgan fingerprint density at radius 1 is 1.13 bits per heavy atom. The molecule has 4 aliphatic carbocycles. The molecule has 7 atom stereocenters. The highest BCUT2D eigenvalue weighted by molar-refractivity contribution is 5.87. The molecule has 3 fully saturated rings. The van der Waals surface area contributed by atoms with Crippen LogP contribution in [-0.4, -0.2) is 24.9 Å². The van der Waals surface area contributed by atoms with Gasteiger partial charge in [0.25, 0.3) is 0 Å². The van der Waals surface area contributed by atoms with Crippen LogP contribution in [0.2, 0.25) is 0 Å². The molecule has 4 nitrogen and oxygen atoms in total. The predicted molar refractivity (Wildman–Crippen MR) is 154 cm³/mol. The van der Waals surface area contributed by atoms with Gasteiger partial charge >= 0.3 is 0 Å². The summed E-state index contributed by atoms with van der Waals surface area (Å²) in [7, 11) is 0. The van der Waals surface area contributed by atoms with Crippen LogP contribution in [0.25, 0.3) is 0 Å². The van der Waals surface area contributed by atoms with Crippen LogP contribution in [0.5, 0.6) is 0 Å². The Labute approximate surface area is 228 Å². The van der Waals surface area contributed by atoms with Gasteiger partial charge in [-0.3, -0.25) is 4.79 Å². The molecule has 1 saturated heterocycles. The lowest BCUT2D eigenvalue weighted by molar-refractivity contribution is -0.130. The number of allylic oxidation sites excluding steroid dienone is 3. The molecule has 3 unspecified atom stereocenters. The van der Waals surface area contributed by atoms with Crippen LogP contribution >= 0.6 is 0 Å². The maximum atomic E-state index is 13.4. The van der Waals surface area contributed by atoms with E-state index >= 15 is 0 Å². The number of rotatable bonds is 4. The van der Waals surface area contributed by atoms with Crippen molar-refractivity contribution in [2.75, 3.05) is 18.0 Å². The number of nitroso groups, excluding NO2 is 1. The molecule has 38 heavy (non-hydrogen) atoms. The maximum absolute atomic E-state index is 13.4. The van der Waals surface area contributed by atoms with Crippen molar-refractivity contribution in [3.63, 3.8) is 0 Å². The molecule has 1 aliphatic heterocycles. The van der Waals surface area contributed by atoms with E-state index in [0.29, 0.717) is 17.8 Å². The molecule has 0 N–H and O–H groups in total. The topological polar surface area (TPSA) is 49.7 Å². The number of Topliss-reactive ketones (excluding diaryl/α,β-unsaturated/α-hetero) is 1. The fourth-order valence-electron chi connectivity index (χ4n) is 9.46. The number of hydrogen-bond acceptors (Lipinski definition) is 4. The summed E-state index contributed by atoms with van der Waals surface area (Å²) in [6, 6.07) is 9.18. The van der Waals surface area contributed by atoms with Crippen LogP contribution in [-0.2, 0) is 4.79 Å². The molecule has 0 aromatic heterocycles. The largest absolute Gasteiger partial charge is 0.372 e. The zero-order valence-electron chi connectivity index (χ0n) is 23.6. The molecular weight excluding hydrogens is 468 g/mol. The van der Waals surface area contributed by atoms with Crippen molar-refractivity contribution >= 4 is 11.5 Å². The minimum absolute atomic E-state index is 0.155. The van der Waals surface area contributed by atoms with Gasteiger partial charge in [0.15, 0.2) is 0 Å². The first kappa shape index (κ1) is 25.6. The summed E-state index contributed by atoms with van der Waals surface area (Å²) in [5, 5.41) is 3.42. The normalized spacial score (nSPS) is 37.9. The van der Waals surface area contributed by atoms with Gasteiger partial charge in [-0.1, -0.05) is 48.7 Å². The highest BCUT2D eigenvalue weighted by atomic mass is 16.3. The van der Waals surface area contributed by atoms with Gasteiger partial charge in [-0.2, -0.15) is 4.91 Å². The Hall–Kier alpha value is -2.67. The minimum Gasteiger partial charge on any atom is -0.372 e. The number of benzene rings is 1. The number of carbonyl (C=O) groups excluding carboxylic acids is 1. The molecule has 0 radical (unpaired) electrons. The van der Waals surface area contributed by atoms with Crippen LogP contribution in [0.3, 0.4) is 0 Å². The third kappa shape index (κ3) is 3.68. The second kappa shape index (κ2) is 9.51. The lowest BCUT2D eigenvalue weighted by Crippen LogP contribution is -2.50. The smallest absolute Gasteiger partial charge is 0.148 e. The van der Waals surface area contributed by atoms with Gasteiger partial charge in [0.2, 0.25) is 0 Å². The van der Waals surface area contributed by atoms with Gasteiger partial charge in [-0.25, -0.2) is 0 Å². The zero-order valence-corrected chi connectivity index (χ0v) is 23.6. The summed E-state index contributed by atoms with van der Waals surface area (Å²) in [5.41, 5.74) is 6.47. The molecule has 1 aromatic carbocycles. The summed E-state index contributed by atoms with van der Waals surface area (Å²) in [5.74, 6) is 8.54. The van der Waals surface area contributed by atoms with E-state index in [0.717, 1.165) is 51.6 Å². The van der Waals surface area contributed by atoms with Crippen LogP contribution in [0.15, 0.2) is 52.2 Å². The van der Waals surface area contributed by atoms with E-state index in [1.807, 2.05) is 6.92 Å². The Morgan fingerprint density at radius 3 is 2.53 bits per heavy atom. The van der Waals surface area contributed by atoms with Gasteiger partial charge in [0.05, 0.1) is 5.41 Å². The quantitative estimate of drug-likeness (QED) is 0.310. The molecule has 1 aromatic rings. The Morgan fingerprint density at radius 2 is 1.87 bits per heavy atom. The number of carbonyl (C=O) groups is 1. The number of nitrogens with zero attached hydrogens (tertiary/aromatic N) is 2. The van der Waals surface area contributed by atoms with E-state index in [2.05, 4.69) is 66.1 Å². The average Bonchev–Trinajstić information content (AvgIpc) is 3.56. The van der Waals surface area contributed by atoms with Crippen molar-refractivity contribution < 1.29 is 4.79 Å². The van der Waals surface area contributed by atoms with Gasteiger partial charge in [0, 0.05) is 24.7 Å². The van der Waals surface area contributed by atoms with Crippen LogP contribution < -0.4 is 4.90 Å². The summed E-state index contributed by atoms with van der Waals surface area (Å²) in [6.45, 7) is 10.7. The standard InChI is InChI=1S/C34H42N2O2/c1-5-15-34(23(3)37)16-14-31-29-19-22(2)28-20-25(35-38)10-13-27(28)32(29)30(21-33(31,34)4)24-8-11-26(12-9-24)36-17-6-7-18-36/h8-9,11-12,20,22,25,29-31H,6-7,10,13-14,16-19,21H2,1-4H3/t22?,25?,29-,30?,31-,33-,34+/m0/s1. The summed E-state index contributed by atoms with van der Waals surface area (Å²) < 4.78 is 0. The van der Waals surface area contributed by atoms with Gasteiger partial charge in [0.1, 0.15) is 11.8 Å². The first-order chi connectivity index (χ1) is 18.3. The van der Waals surface area contributed by atoms with Crippen molar-refractivity contribution in [1.82, 2.24) is 0 Å². The maximum Gasteiger partial charge on any atom is 0.148 e. The van der Waals surface area contributed by atoms with Crippen molar-refractivity contribution in [3.05, 3.63) is 57.5 Å². The molecular formula is C34H42N2O2. The lowest BCUT2D eigenvalue weighted by atomic mass is 9.47. The second-order valence-electron chi connectivity index (χ2n) is 13.0. The van der Waals surface area contributed by atoms with Crippen molar-refractivity contribution in [2.24, 2.45) is 33.8 Å². The van der Waals surface area contributed by atoms with E-state index in [-0.39, 0.29) is 23.2 Å². The number of anilines is 1. The van der Waals surface area contributed by atoms with E-state index in [1.54, 1.807) is 12.5 Å². The van der Waals surface area contributed by atoms with Crippen molar-refractivity contribution in [2.45, 2.75) is 91.0 Å². The van der Waals surface area contributed by atoms with Crippen molar-refractivity contribution in [3.8, 4) is 11.8 Å². The average molecular weight is 511 g/mol. The SMILES string of the molecule is CC#C[C@]1(C(C)=O)CC[C@H]2[C@@H]3CC(C)C4=CC(N=O)CCC4=C3C(c3ccc(N4CCCC4)cc3)C[C@@]21C. The van der Waals surface area contributed by atoms with Crippen molar-refractivity contribution in [1.29, 1.82) is 0 Å². The third-order valence-corrected chi connectivity index (χ3v) is 11.3. The van der Waals surface area contributed by atoms with Crippen LogP contribution in [0, 0.1) is 45.3 Å². The fourth-order valence-corrected chi connectivity index (χ4v) is 9.46. The monoisotopic (exact) mass is 510 g/mol. The molecule has 1 heterocycles. The minimum atomic E-state index is -0.561. The van der Waals surface area contributed by atoms with E-state index in [4.69, 9.17) is 0 Å². The third-order valence-electron chi connectivity index (χ3n) is 11.3. The molecule has 4 heteroatoms. The zero-order chi connectivity index (χ0) is 26.7. The molecule has 200 valence electrons. The molecule has 2 saturated carbocycles. The molecule has 0 amide bonds. The second-order valence-corrected chi connectivity index (χ2v) is 13.0. The van der Waals surface area contributed by atoms with Crippen LogP contribution in [0.4, 0.5) is 5.69 Å². The molecule has 0 spiro atoms. The highest BCUT2D eigenvalue weighted by Crippen LogP contribution is 2.70. The van der Waals surface area contributed by atoms with E-state index in [1.165, 1.54) is 35.2 Å². The van der Waals surface area contributed by atoms with E-state index < -0.39 is 5.41 Å². The Balaban J connectivity index is 1.50.